The number of carbonyl (C=O) groups excluding carboxylic acids is 2. The van der Waals surface area contributed by atoms with Gasteiger partial charge in [-0.3, -0.25) is 29.8 Å². The highest BCUT2D eigenvalue weighted by atomic mass is 35.5. The summed E-state index contributed by atoms with van der Waals surface area (Å²) >= 11 is 8.77. The zero-order valence-corrected chi connectivity index (χ0v) is 20.9. The molecule has 4 aromatic rings. The summed E-state index contributed by atoms with van der Waals surface area (Å²) in [5, 5.41) is 1.64. The van der Waals surface area contributed by atoms with E-state index in [1.165, 1.54) is 4.88 Å². The molecule has 0 fully saturated rings. The number of rotatable bonds is 5. The van der Waals surface area contributed by atoms with Crippen LogP contribution in [0.3, 0.4) is 0 Å². The summed E-state index contributed by atoms with van der Waals surface area (Å²) < 4.78 is 1.54. The Balaban J connectivity index is 1.42. The predicted octanol–water partition coefficient (Wildman–Crippen LogP) is 4.53. The minimum Gasteiger partial charge on any atom is -0.272 e. The van der Waals surface area contributed by atoms with Gasteiger partial charge in [0.1, 0.15) is 4.83 Å². The second-order valence-corrected chi connectivity index (χ2v) is 10.5. The van der Waals surface area contributed by atoms with Crippen molar-refractivity contribution in [3.8, 4) is 5.69 Å². The van der Waals surface area contributed by atoms with Crippen LogP contribution in [0.2, 0.25) is 5.02 Å². The molecule has 1 aliphatic rings. The summed E-state index contributed by atoms with van der Waals surface area (Å²) in [5.74, 6) is -0.862. The minimum absolute atomic E-state index is 0.0360. The third-order valence-corrected chi connectivity index (χ3v) is 8.10. The van der Waals surface area contributed by atoms with Gasteiger partial charge in [-0.2, -0.15) is 0 Å². The molecule has 0 saturated carbocycles. The molecule has 5 rings (SSSR count). The molecule has 0 bridgehead atoms. The van der Waals surface area contributed by atoms with E-state index in [0.29, 0.717) is 31.6 Å². The predicted molar refractivity (Wildman–Crippen MR) is 140 cm³/mol. The Morgan fingerprint density at radius 2 is 1.77 bits per heavy atom. The number of aromatic nitrogens is 2. The van der Waals surface area contributed by atoms with Crippen molar-refractivity contribution in [2.45, 2.75) is 30.8 Å². The van der Waals surface area contributed by atoms with Gasteiger partial charge in [0.25, 0.3) is 11.5 Å². The molecule has 7 nitrogen and oxygen atoms in total. The average molecular weight is 525 g/mol. The van der Waals surface area contributed by atoms with E-state index in [1.54, 1.807) is 70.5 Å². The van der Waals surface area contributed by atoms with Crippen LogP contribution >= 0.6 is 34.7 Å². The van der Waals surface area contributed by atoms with Crippen LogP contribution in [0.4, 0.5) is 0 Å². The molecular formula is C25H21ClN4O3S2. The van der Waals surface area contributed by atoms with E-state index < -0.39 is 11.8 Å². The molecule has 0 unspecified atom stereocenters. The average Bonchev–Trinajstić information content (AvgIpc) is 3.26. The van der Waals surface area contributed by atoms with Crippen LogP contribution in [-0.4, -0.2) is 27.1 Å². The zero-order valence-electron chi connectivity index (χ0n) is 18.5. The summed E-state index contributed by atoms with van der Waals surface area (Å²) in [6.45, 7) is 0. The van der Waals surface area contributed by atoms with Crippen LogP contribution in [0.1, 0.15) is 33.6 Å². The van der Waals surface area contributed by atoms with Gasteiger partial charge in [0.2, 0.25) is 5.91 Å². The number of carbonyl (C=O) groups is 2. The Morgan fingerprint density at radius 1 is 1.03 bits per heavy atom. The summed E-state index contributed by atoms with van der Waals surface area (Å²) in [4.78, 5) is 45.1. The molecular weight excluding hydrogens is 504 g/mol. The van der Waals surface area contributed by atoms with Crippen molar-refractivity contribution >= 4 is 56.7 Å². The fraction of sp³-hybridized carbons (Fsp3) is 0.200. The normalized spacial score (nSPS) is 12.8. The number of thioether (sulfide) groups is 1. The van der Waals surface area contributed by atoms with Crippen molar-refractivity contribution in [1.82, 2.24) is 20.4 Å². The Bertz CT molecular complexity index is 1470. The fourth-order valence-corrected chi connectivity index (χ4v) is 6.30. The van der Waals surface area contributed by atoms with Crippen LogP contribution < -0.4 is 16.4 Å². The van der Waals surface area contributed by atoms with Crippen LogP contribution in [-0.2, 0) is 17.6 Å². The molecule has 2 N–H and O–H groups in total. The molecule has 1 aliphatic carbocycles. The van der Waals surface area contributed by atoms with Crippen molar-refractivity contribution in [2.75, 3.05) is 5.75 Å². The summed E-state index contributed by atoms with van der Waals surface area (Å²) in [5.41, 5.74) is 6.86. The van der Waals surface area contributed by atoms with Gasteiger partial charge in [-0.1, -0.05) is 41.6 Å². The standard InChI is InChI=1S/C25H21ClN4O3S2/c26-16-10-12-17(13-11-16)30-24(33)21-18-8-4-5-9-19(18)35-23(21)27-25(30)34-14-20(31)28-29-22(32)15-6-2-1-3-7-15/h1-3,6-7,10-13H,4-5,8-9,14H2,(H,28,31)(H,29,32). The Morgan fingerprint density at radius 3 is 2.54 bits per heavy atom. The highest BCUT2D eigenvalue weighted by Crippen LogP contribution is 2.35. The largest absolute Gasteiger partial charge is 0.272 e. The zero-order chi connectivity index (χ0) is 24.4. The van der Waals surface area contributed by atoms with Gasteiger partial charge in [-0.15, -0.1) is 11.3 Å². The first kappa shape index (κ1) is 23.6. The molecule has 0 radical (unpaired) electrons. The Hall–Kier alpha value is -3.14. The lowest BCUT2D eigenvalue weighted by atomic mass is 9.97. The number of hydrogen-bond acceptors (Lipinski definition) is 6. The van der Waals surface area contributed by atoms with Crippen molar-refractivity contribution in [1.29, 1.82) is 0 Å². The number of fused-ring (bicyclic) bond motifs is 3. The number of nitrogens with one attached hydrogen (secondary N) is 2. The number of thiophene rings is 1. The summed E-state index contributed by atoms with van der Waals surface area (Å²) in [6, 6.07) is 15.6. The van der Waals surface area contributed by atoms with Gasteiger partial charge < -0.3 is 0 Å². The first-order valence-corrected chi connectivity index (χ1v) is 13.3. The van der Waals surface area contributed by atoms with Crippen molar-refractivity contribution in [2.24, 2.45) is 0 Å². The van der Waals surface area contributed by atoms with Crippen molar-refractivity contribution in [3.63, 3.8) is 0 Å². The maximum atomic E-state index is 13.7. The number of aryl methyl sites for hydroxylation is 2. The lowest BCUT2D eigenvalue weighted by molar-refractivity contribution is -0.119. The van der Waals surface area contributed by atoms with Crippen molar-refractivity contribution < 1.29 is 9.59 Å². The van der Waals surface area contributed by atoms with Gasteiger partial charge in [0.05, 0.1) is 16.8 Å². The van der Waals surface area contributed by atoms with Gasteiger partial charge in [0.15, 0.2) is 5.16 Å². The van der Waals surface area contributed by atoms with Crippen LogP contribution in [0.5, 0.6) is 0 Å². The van der Waals surface area contributed by atoms with E-state index >= 15 is 0 Å². The first-order valence-electron chi connectivity index (χ1n) is 11.1. The number of hydrogen-bond donors (Lipinski definition) is 2. The molecule has 2 heterocycles. The van der Waals surface area contributed by atoms with Gasteiger partial charge >= 0.3 is 0 Å². The first-order chi connectivity index (χ1) is 17.0. The highest BCUT2D eigenvalue weighted by Gasteiger charge is 2.23. The topological polar surface area (TPSA) is 93.1 Å². The van der Waals surface area contributed by atoms with E-state index in [2.05, 4.69) is 10.9 Å². The lowest BCUT2D eigenvalue weighted by Gasteiger charge is -2.14. The molecule has 10 heteroatoms. The molecule has 0 saturated heterocycles. The second-order valence-electron chi connectivity index (χ2n) is 8.06. The Kier molecular flexibility index (Phi) is 6.90. The Labute approximate surface area is 214 Å². The smallest absolute Gasteiger partial charge is 0.269 e. The molecule has 178 valence electrons. The minimum atomic E-state index is -0.415. The van der Waals surface area contributed by atoms with E-state index in [9.17, 15) is 14.4 Å². The molecule has 2 aromatic carbocycles. The van der Waals surface area contributed by atoms with Gasteiger partial charge in [-0.05, 0) is 67.6 Å². The number of benzene rings is 2. The number of hydrazine groups is 1. The van der Waals surface area contributed by atoms with Crippen molar-refractivity contribution in [3.05, 3.63) is 86.0 Å². The third kappa shape index (κ3) is 4.98. The summed E-state index contributed by atoms with van der Waals surface area (Å²) in [7, 11) is 0. The highest BCUT2D eigenvalue weighted by molar-refractivity contribution is 7.99. The number of nitrogens with zero attached hydrogens (tertiary/aromatic N) is 2. The van der Waals surface area contributed by atoms with Crippen LogP contribution in [0.15, 0.2) is 64.5 Å². The second kappa shape index (κ2) is 10.2. The van der Waals surface area contributed by atoms with Crippen LogP contribution in [0.25, 0.3) is 15.9 Å². The number of halogens is 1. The quantitative estimate of drug-likeness (QED) is 0.227. The molecule has 0 atom stereocenters. The third-order valence-electron chi connectivity index (χ3n) is 5.73. The van der Waals surface area contributed by atoms with E-state index in [-0.39, 0.29) is 11.3 Å². The van der Waals surface area contributed by atoms with Crippen LogP contribution in [0, 0.1) is 0 Å². The van der Waals surface area contributed by atoms with Gasteiger partial charge in [-0.25, -0.2) is 4.98 Å². The molecule has 0 spiro atoms. The van der Waals surface area contributed by atoms with E-state index in [4.69, 9.17) is 16.6 Å². The van der Waals surface area contributed by atoms with Gasteiger partial charge in [0, 0.05) is 15.5 Å². The summed E-state index contributed by atoms with van der Waals surface area (Å²) in [6.07, 6.45) is 4.01. The molecule has 35 heavy (non-hydrogen) atoms. The van der Waals surface area contributed by atoms with E-state index in [0.717, 1.165) is 43.0 Å². The molecule has 2 amide bonds. The molecule has 2 aromatic heterocycles. The monoisotopic (exact) mass is 524 g/mol. The molecule has 0 aliphatic heterocycles. The SMILES string of the molecule is O=C(CSc1nc2sc3c(c2c(=O)n1-c1ccc(Cl)cc1)CCCC3)NNC(=O)c1ccccc1. The maximum absolute atomic E-state index is 13.7. The number of amides is 2. The van der Waals surface area contributed by atoms with E-state index in [1.807, 2.05) is 0 Å². The lowest BCUT2D eigenvalue weighted by Crippen LogP contribution is -2.42. The maximum Gasteiger partial charge on any atom is 0.269 e. The fourth-order valence-electron chi connectivity index (χ4n) is 4.06.